The highest BCUT2D eigenvalue weighted by atomic mass is 32.2. The molecule has 18 heavy (non-hydrogen) atoms. The van der Waals surface area contributed by atoms with Gasteiger partial charge in [-0.05, 0) is 12.3 Å². The van der Waals surface area contributed by atoms with Gasteiger partial charge < -0.3 is 14.8 Å². The monoisotopic (exact) mass is 270 g/mol. The fourth-order valence-corrected chi connectivity index (χ4v) is 3.49. The van der Waals surface area contributed by atoms with E-state index in [1.807, 2.05) is 11.6 Å². The summed E-state index contributed by atoms with van der Waals surface area (Å²) in [6.07, 6.45) is 7.56. The number of hydrogen-bond donors (Lipinski definition) is 2. The lowest BCUT2D eigenvalue weighted by Gasteiger charge is -2.14. The second kappa shape index (κ2) is 6.59. The molecule has 0 spiro atoms. The van der Waals surface area contributed by atoms with E-state index in [2.05, 4.69) is 4.98 Å². The highest BCUT2D eigenvalue weighted by Crippen LogP contribution is 2.30. The molecule has 0 bridgehead atoms. The van der Waals surface area contributed by atoms with E-state index in [-0.39, 0.29) is 12.7 Å². The Morgan fingerprint density at radius 3 is 2.83 bits per heavy atom. The number of imidazole rings is 1. The van der Waals surface area contributed by atoms with Gasteiger partial charge in [-0.1, -0.05) is 37.4 Å². The Morgan fingerprint density at radius 2 is 2.22 bits per heavy atom. The van der Waals surface area contributed by atoms with E-state index in [0.29, 0.717) is 5.75 Å². The second-order valence-electron chi connectivity index (χ2n) is 5.10. The lowest BCUT2D eigenvalue weighted by molar-refractivity contribution is 0.165. The highest BCUT2D eigenvalue weighted by Gasteiger charge is 2.19. The number of aromatic nitrogens is 2. The standard InChI is InChI=1S/C13H22N2O2S/c1-15-11(8-16)7-14-13(15)18-9-12(17)6-10-4-2-3-5-10/h7,10,12,16-17H,2-6,8-9H2,1H3. The first-order valence-electron chi connectivity index (χ1n) is 6.63. The lowest BCUT2D eigenvalue weighted by atomic mass is 10.0. The van der Waals surface area contributed by atoms with Gasteiger partial charge >= 0.3 is 0 Å². The topological polar surface area (TPSA) is 58.3 Å². The van der Waals surface area contributed by atoms with Crippen LogP contribution in [-0.4, -0.2) is 31.6 Å². The second-order valence-corrected chi connectivity index (χ2v) is 6.09. The summed E-state index contributed by atoms with van der Waals surface area (Å²) in [5, 5.41) is 20.0. The summed E-state index contributed by atoms with van der Waals surface area (Å²) in [6.45, 7) is 0.00862. The number of rotatable bonds is 6. The molecule has 1 heterocycles. The summed E-state index contributed by atoms with van der Waals surface area (Å²) >= 11 is 1.57. The van der Waals surface area contributed by atoms with Crippen LogP contribution in [0.1, 0.15) is 37.8 Å². The average molecular weight is 270 g/mol. The van der Waals surface area contributed by atoms with Gasteiger partial charge in [0, 0.05) is 12.8 Å². The van der Waals surface area contributed by atoms with Crippen LogP contribution in [0, 0.1) is 5.92 Å². The minimum Gasteiger partial charge on any atom is -0.392 e. The predicted molar refractivity (Wildman–Crippen MR) is 72.4 cm³/mol. The number of aliphatic hydroxyl groups is 2. The Kier molecular flexibility index (Phi) is 5.09. The third kappa shape index (κ3) is 3.49. The maximum atomic E-state index is 10.0. The molecule has 0 amide bonds. The normalized spacial score (nSPS) is 18.4. The molecule has 1 fully saturated rings. The van der Waals surface area contributed by atoms with E-state index < -0.39 is 0 Å². The number of aliphatic hydroxyl groups excluding tert-OH is 2. The molecule has 0 aliphatic heterocycles. The van der Waals surface area contributed by atoms with E-state index in [9.17, 15) is 5.11 Å². The van der Waals surface area contributed by atoms with E-state index in [4.69, 9.17) is 5.11 Å². The van der Waals surface area contributed by atoms with E-state index >= 15 is 0 Å². The van der Waals surface area contributed by atoms with Crippen molar-refractivity contribution in [1.29, 1.82) is 0 Å². The van der Waals surface area contributed by atoms with Gasteiger partial charge in [-0.2, -0.15) is 0 Å². The minimum absolute atomic E-state index is 0.00862. The third-order valence-corrected chi connectivity index (χ3v) is 4.88. The molecule has 1 saturated carbocycles. The van der Waals surface area contributed by atoms with Crippen molar-refractivity contribution in [2.45, 2.75) is 50.0 Å². The van der Waals surface area contributed by atoms with Crippen molar-refractivity contribution in [1.82, 2.24) is 9.55 Å². The van der Waals surface area contributed by atoms with Crippen LogP contribution >= 0.6 is 11.8 Å². The molecule has 1 aliphatic carbocycles. The van der Waals surface area contributed by atoms with Crippen LogP contribution < -0.4 is 0 Å². The van der Waals surface area contributed by atoms with Crippen molar-refractivity contribution < 1.29 is 10.2 Å². The van der Waals surface area contributed by atoms with Crippen molar-refractivity contribution >= 4 is 11.8 Å². The van der Waals surface area contributed by atoms with Crippen molar-refractivity contribution in [2.75, 3.05) is 5.75 Å². The van der Waals surface area contributed by atoms with Gasteiger partial charge in [0.05, 0.1) is 24.6 Å². The molecule has 1 unspecified atom stereocenters. The van der Waals surface area contributed by atoms with Crippen LogP contribution in [0.25, 0.3) is 0 Å². The maximum Gasteiger partial charge on any atom is 0.168 e. The zero-order valence-corrected chi connectivity index (χ0v) is 11.7. The highest BCUT2D eigenvalue weighted by molar-refractivity contribution is 7.99. The Morgan fingerprint density at radius 1 is 1.50 bits per heavy atom. The number of nitrogens with zero attached hydrogens (tertiary/aromatic N) is 2. The largest absolute Gasteiger partial charge is 0.392 e. The van der Waals surface area contributed by atoms with Gasteiger partial charge in [0.25, 0.3) is 0 Å². The molecule has 102 valence electrons. The fourth-order valence-electron chi connectivity index (χ4n) is 2.58. The first kappa shape index (κ1) is 13.9. The third-order valence-electron chi connectivity index (χ3n) is 3.69. The van der Waals surface area contributed by atoms with Crippen LogP contribution in [0.2, 0.25) is 0 Å². The molecule has 4 nitrogen and oxygen atoms in total. The van der Waals surface area contributed by atoms with Crippen LogP contribution in [0.4, 0.5) is 0 Å². The smallest absolute Gasteiger partial charge is 0.168 e. The Balaban J connectivity index is 1.77. The molecule has 1 aliphatic rings. The van der Waals surface area contributed by atoms with Crippen LogP contribution in [0.5, 0.6) is 0 Å². The molecule has 1 atom stereocenters. The van der Waals surface area contributed by atoms with Gasteiger partial charge in [-0.3, -0.25) is 0 Å². The van der Waals surface area contributed by atoms with Crippen molar-refractivity contribution in [3.63, 3.8) is 0 Å². The van der Waals surface area contributed by atoms with Gasteiger partial charge in [0.15, 0.2) is 5.16 Å². The molecule has 0 radical (unpaired) electrons. The summed E-state index contributed by atoms with van der Waals surface area (Å²) in [6, 6.07) is 0. The average Bonchev–Trinajstić information content (AvgIpc) is 2.97. The quantitative estimate of drug-likeness (QED) is 0.776. The fraction of sp³-hybridized carbons (Fsp3) is 0.769. The molecule has 1 aromatic rings. The number of thioether (sulfide) groups is 1. The van der Waals surface area contributed by atoms with Gasteiger partial charge in [0.1, 0.15) is 0 Å². The Labute approximate surface area is 112 Å². The molecule has 5 heteroatoms. The molecule has 2 N–H and O–H groups in total. The Bertz CT molecular complexity index is 375. The minimum atomic E-state index is -0.243. The van der Waals surface area contributed by atoms with E-state index in [0.717, 1.165) is 23.2 Å². The van der Waals surface area contributed by atoms with Crippen LogP contribution in [-0.2, 0) is 13.7 Å². The van der Waals surface area contributed by atoms with Gasteiger partial charge in [-0.15, -0.1) is 0 Å². The number of hydrogen-bond acceptors (Lipinski definition) is 4. The SMILES string of the molecule is Cn1c(CO)cnc1SCC(O)CC1CCCC1. The summed E-state index contributed by atoms with van der Waals surface area (Å²) < 4.78 is 1.88. The molecule has 1 aromatic heterocycles. The lowest BCUT2D eigenvalue weighted by Crippen LogP contribution is -2.14. The van der Waals surface area contributed by atoms with Gasteiger partial charge in [0.2, 0.25) is 0 Å². The van der Waals surface area contributed by atoms with Crippen molar-refractivity contribution in [3.05, 3.63) is 11.9 Å². The zero-order chi connectivity index (χ0) is 13.0. The van der Waals surface area contributed by atoms with Crippen molar-refractivity contribution in [2.24, 2.45) is 13.0 Å². The first-order chi connectivity index (χ1) is 8.70. The Hall–Kier alpha value is -0.520. The first-order valence-corrected chi connectivity index (χ1v) is 7.61. The van der Waals surface area contributed by atoms with E-state index in [1.165, 1.54) is 25.7 Å². The molecule has 0 aromatic carbocycles. The molecule has 2 rings (SSSR count). The predicted octanol–water partition coefficient (Wildman–Crippen LogP) is 1.95. The van der Waals surface area contributed by atoms with E-state index in [1.54, 1.807) is 18.0 Å². The van der Waals surface area contributed by atoms with Gasteiger partial charge in [-0.25, -0.2) is 4.98 Å². The summed E-state index contributed by atoms with van der Waals surface area (Å²) in [4.78, 5) is 4.25. The molecular weight excluding hydrogens is 248 g/mol. The van der Waals surface area contributed by atoms with Crippen LogP contribution in [0.3, 0.4) is 0 Å². The molecule has 0 saturated heterocycles. The van der Waals surface area contributed by atoms with Crippen LogP contribution in [0.15, 0.2) is 11.4 Å². The zero-order valence-electron chi connectivity index (χ0n) is 10.9. The maximum absolute atomic E-state index is 10.0. The summed E-state index contributed by atoms with van der Waals surface area (Å²) in [7, 11) is 1.89. The van der Waals surface area contributed by atoms with Crippen molar-refractivity contribution in [3.8, 4) is 0 Å². The molecular formula is C13H22N2O2S. The summed E-state index contributed by atoms with van der Waals surface area (Å²) in [5.74, 6) is 1.40. The summed E-state index contributed by atoms with van der Waals surface area (Å²) in [5.41, 5.74) is 0.808.